The number of nitrogens with one attached hydrogen (secondary N) is 1. The number of rotatable bonds is 3. The van der Waals surface area contributed by atoms with Crippen molar-refractivity contribution in [1.82, 2.24) is 15.2 Å². The van der Waals surface area contributed by atoms with Crippen molar-refractivity contribution in [2.24, 2.45) is 0 Å². The summed E-state index contributed by atoms with van der Waals surface area (Å²) in [6, 6.07) is 15.8. The first-order chi connectivity index (χ1) is 11.8. The highest BCUT2D eigenvalue weighted by atomic mass is 35.5. The summed E-state index contributed by atoms with van der Waals surface area (Å²) >= 11 is 5.91. The molecular weight excluding hydrogens is 322 g/mol. The van der Waals surface area contributed by atoms with E-state index in [1.165, 1.54) is 11.3 Å². The Morgan fingerprint density at radius 3 is 2.75 bits per heavy atom. The highest BCUT2D eigenvalue weighted by Gasteiger charge is 2.19. The summed E-state index contributed by atoms with van der Waals surface area (Å²) in [5.74, 6) is 1.27. The number of halogens is 1. The lowest BCUT2D eigenvalue weighted by Crippen LogP contribution is -2.25. The number of hydrogen-bond acceptors (Lipinski definition) is 5. The molecule has 2 heterocycles. The zero-order valence-corrected chi connectivity index (χ0v) is 13.7. The molecule has 0 saturated carbocycles. The van der Waals surface area contributed by atoms with E-state index < -0.39 is 0 Å². The monoisotopic (exact) mass is 337 g/mol. The van der Waals surface area contributed by atoms with Crippen LogP contribution in [0.4, 0.5) is 23.1 Å². The van der Waals surface area contributed by atoms with Crippen LogP contribution in [0.3, 0.4) is 0 Å². The van der Waals surface area contributed by atoms with Crippen LogP contribution in [0, 0.1) is 0 Å². The first-order valence-electron chi connectivity index (χ1n) is 7.87. The second kappa shape index (κ2) is 6.45. The third-order valence-electron chi connectivity index (χ3n) is 4.03. The van der Waals surface area contributed by atoms with E-state index in [1.54, 1.807) is 6.20 Å². The molecule has 0 aliphatic carbocycles. The van der Waals surface area contributed by atoms with E-state index in [9.17, 15) is 0 Å². The molecule has 1 aromatic heterocycles. The molecule has 1 N–H and O–H groups in total. The van der Waals surface area contributed by atoms with Gasteiger partial charge >= 0.3 is 0 Å². The average molecular weight is 338 g/mol. The molecule has 4 rings (SSSR count). The normalized spacial score (nSPS) is 13.5. The van der Waals surface area contributed by atoms with Gasteiger partial charge in [-0.1, -0.05) is 29.8 Å². The standard InChI is InChI=1S/C18H16ClN5/c19-14-7-9-15(10-8-14)21-18-22-17(12-20-23-18)24-11-3-5-13-4-1-2-6-16(13)24/h1-2,4,6-10,12H,3,5,11H2,(H,21,22,23). The van der Waals surface area contributed by atoms with E-state index in [4.69, 9.17) is 11.6 Å². The summed E-state index contributed by atoms with van der Waals surface area (Å²) in [4.78, 5) is 6.82. The summed E-state index contributed by atoms with van der Waals surface area (Å²) in [6.07, 6.45) is 3.90. The van der Waals surface area contributed by atoms with Crippen LogP contribution < -0.4 is 10.2 Å². The fourth-order valence-corrected chi connectivity index (χ4v) is 3.04. The lowest BCUT2D eigenvalue weighted by Gasteiger charge is -2.30. The molecule has 0 spiro atoms. The van der Waals surface area contributed by atoms with E-state index in [0.29, 0.717) is 11.0 Å². The summed E-state index contributed by atoms with van der Waals surface area (Å²) in [7, 11) is 0. The zero-order chi connectivity index (χ0) is 16.4. The summed E-state index contributed by atoms with van der Waals surface area (Å²) < 4.78 is 0. The molecule has 5 nitrogen and oxygen atoms in total. The predicted molar refractivity (Wildman–Crippen MR) is 96.3 cm³/mol. The van der Waals surface area contributed by atoms with E-state index in [-0.39, 0.29) is 0 Å². The van der Waals surface area contributed by atoms with Crippen LogP contribution in [0.1, 0.15) is 12.0 Å². The lowest BCUT2D eigenvalue weighted by atomic mass is 10.0. The first kappa shape index (κ1) is 14.9. The lowest BCUT2D eigenvalue weighted by molar-refractivity contribution is 0.754. The third-order valence-corrected chi connectivity index (χ3v) is 4.29. The van der Waals surface area contributed by atoms with E-state index in [0.717, 1.165) is 30.9 Å². The highest BCUT2D eigenvalue weighted by molar-refractivity contribution is 6.30. The Kier molecular flexibility index (Phi) is 4.01. The van der Waals surface area contributed by atoms with Gasteiger partial charge in [0, 0.05) is 22.9 Å². The number of anilines is 4. The Bertz CT molecular complexity index is 850. The third kappa shape index (κ3) is 3.03. The molecule has 2 aromatic carbocycles. The van der Waals surface area contributed by atoms with Crippen LogP contribution >= 0.6 is 11.6 Å². The van der Waals surface area contributed by atoms with Gasteiger partial charge in [0.25, 0.3) is 0 Å². The second-order valence-electron chi connectivity index (χ2n) is 5.65. The fraction of sp³-hybridized carbons (Fsp3) is 0.167. The minimum Gasteiger partial charge on any atom is -0.325 e. The molecule has 24 heavy (non-hydrogen) atoms. The summed E-state index contributed by atoms with van der Waals surface area (Å²) in [5, 5.41) is 12.0. The van der Waals surface area contributed by atoms with Gasteiger partial charge in [-0.3, -0.25) is 0 Å². The largest absolute Gasteiger partial charge is 0.325 e. The molecule has 6 heteroatoms. The number of nitrogens with zero attached hydrogens (tertiary/aromatic N) is 4. The molecule has 0 atom stereocenters. The van der Waals surface area contributed by atoms with Crippen molar-refractivity contribution in [1.29, 1.82) is 0 Å². The number of aromatic nitrogens is 3. The van der Waals surface area contributed by atoms with Gasteiger partial charge in [-0.05, 0) is 48.7 Å². The maximum Gasteiger partial charge on any atom is 0.249 e. The Morgan fingerprint density at radius 1 is 1.04 bits per heavy atom. The van der Waals surface area contributed by atoms with Crippen molar-refractivity contribution in [3.63, 3.8) is 0 Å². The van der Waals surface area contributed by atoms with Gasteiger partial charge in [0.05, 0.1) is 6.20 Å². The molecule has 120 valence electrons. The summed E-state index contributed by atoms with van der Waals surface area (Å²) in [5.41, 5.74) is 3.41. The first-order valence-corrected chi connectivity index (χ1v) is 8.25. The van der Waals surface area contributed by atoms with Gasteiger partial charge in [-0.15, -0.1) is 5.10 Å². The highest BCUT2D eigenvalue weighted by Crippen LogP contribution is 2.32. The molecule has 0 unspecified atom stereocenters. The number of hydrogen-bond donors (Lipinski definition) is 1. The Morgan fingerprint density at radius 2 is 1.88 bits per heavy atom. The van der Waals surface area contributed by atoms with E-state index >= 15 is 0 Å². The van der Waals surface area contributed by atoms with Crippen molar-refractivity contribution in [3.05, 3.63) is 65.3 Å². The molecule has 0 fully saturated rings. The quantitative estimate of drug-likeness (QED) is 0.770. The molecule has 0 saturated heterocycles. The van der Waals surface area contributed by atoms with Gasteiger partial charge < -0.3 is 10.2 Å². The fourth-order valence-electron chi connectivity index (χ4n) is 2.91. The van der Waals surface area contributed by atoms with Crippen LogP contribution in [0.15, 0.2) is 54.7 Å². The van der Waals surface area contributed by atoms with Crippen molar-refractivity contribution >= 4 is 34.7 Å². The molecular formula is C18H16ClN5. The van der Waals surface area contributed by atoms with Crippen molar-refractivity contribution in [3.8, 4) is 0 Å². The predicted octanol–water partition coefficient (Wildman–Crippen LogP) is 4.35. The minimum atomic E-state index is 0.470. The maximum absolute atomic E-state index is 5.91. The second-order valence-corrected chi connectivity index (χ2v) is 6.09. The molecule has 0 amide bonds. The van der Waals surface area contributed by atoms with Crippen LogP contribution in [0.25, 0.3) is 0 Å². The van der Waals surface area contributed by atoms with Crippen molar-refractivity contribution < 1.29 is 0 Å². The van der Waals surface area contributed by atoms with Crippen LogP contribution in [-0.4, -0.2) is 21.7 Å². The van der Waals surface area contributed by atoms with Crippen LogP contribution in [-0.2, 0) is 6.42 Å². The number of aryl methyl sites for hydroxylation is 1. The van der Waals surface area contributed by atoms with Gasteiger partial charge in [-0.25, -0.2) is 0 Å². The molecule has 3 aromatic rings. The topological polar surface area (TPSA) is 53.9 Å². The Labute approximate surface area is 145 Å². The number of fused-ring (bicyclic) bond motifs is 1. The SMILES string of the molecule is Clc1ccc(Nc2nncc(N3CCCc4ccccc43)n2)cc1. The molecule has 0 bridgehead atoms. The smallest absolute Gasteiger partial charge is 0.249 e. The number of para-hydroxylation sites is 1. The van der Waals surface area contributed by atoms with Crippen molar-refractivity contribution in [2.45, 2.75) is 12.8 Å². The maximum atomic E-state index is 5.91. The van der Waals surface area contributed by atoms with E-state index in [1.807, 2.05) is 24.3 Å². The van der Waals surface area contributed by atoms with Gasteiger partial charge in [0.1, 0.15) is 0 Å². The van der Waals surface area contributed by atoms with E-state index in [2.05, 4.69) is 49.7 Å². The average Bonchev–Trinajstić information content (AvgIpc) is 2.63. The van der Waals surface area contributed by atoms with Gasteiger partial charge in [0.15, 0.2) is 5.82 Å². The Balaban J connectivity index is 1.62. The van der Waals surface area contributed by atoms with Gasteiger partial charge in [0.2, 0.25) is 5.95 Å². The molecule has 1 aliphatic rings. The Hall–Kier alpha value is -2.66. The number of benzene rings is 2. The van der Waals surface area contributed by atoms with Crippen LogP contribution in [0.5, 0.6) is 0 Å². The zero-order valence-electron chi connectivity index (χ0n) is 13.0. The van der Waals surface area contributed by atoms with Crippen molar-refractivity contribution in [2.75, 3.05) is 16.8 Å². The summed E-state index contributed by atoms with van der Waals surface area (Å²) in [6.45, 7) is 0.927. The van der Waals surface area contributed by atoms with Gasteiger partial charge in [-0.2, -0.15) is 10.1 Å². The van der Waals surface area contributed by atoms with Crippen LogP contribution in [0.2, 0.25) is 5.02 Å². The molecule has 0 radical (unpaired) electrons. The molecule has 1 aliphatic heterocycles. The minimum absolute atomic E-state index is 0.470.